The summed E-state index contributed by atoms with van der Waals surface area (Å²) in [5, 5.41) is 11.6. The van der Waals surface area contributed by atoms with Gasteiger partial charge in [0.05, 0.1) is 18.2 Å². The Hall–Kier alpha value is -3.27. The van der Waals surface area contributed by atoms with Crippen LogP contribution in [0.3, 0.4) is 0 Å². The number of nitriles is 1. The first-order chi connectivity index (χ1) is 12.2. The van der Waals surface area contributed by atoms with Crippen LogP contribution in [0.1, 0.15) is 22.5 Å². The van der Waals surface area contributed by atoms with E-state index in [1.165, 1.54) is 12.3 Å². The van der Waals surface area contributed by atoms with Crippen LogP contribution in [0.15, 0.2) is 42.6 Å². The number of para-hydroxylation sites is 1. The summed E-state index contributed by atoms with van der Waals surface area (Å²) in [5.74, 6) is 0.437. The highest BCUT2D eigenvalue weighted by Gasteiger charge is 2.30. The van der Waals surface area contributed by atoms with E-state index in [-0.39, 0.29) is 24.3 Å². The number of benzene rings is 1. The smallest absolute Gasteiger partial charge is 0.268 e. The van der Waals surface area contributed by atoms with Crippen LogP contribution in [0.5, 0.6) is 5.75 Å². The molecular formula is C18H18N4O3. The van der Waals surface area contributed by atoms with E-state index in [1.807, 2.05) is 36.4 Å². The van der Waals surface area contributed by atoms with E-state index in [2.05, 4.69) is 10.3 Å². The van der Waals surface area contributed by atoms with Crippen molar-refractivity contribution in [2.75, 3.05) is 19.7 Å². The van der Waals surface area contributed by atoms with E-state index in [1.54, 1.807) is 4.90 Å². The maximum absolute atomic E-state index is 12.1. The molecule has 2 N–H and O–H groups in total. The molecule has 1 fully saturated rings. The molecule has 128 valence electrons. The second-order valence-corrected chi connectivity index (χ2v) is 5.79. The number of rotatable bonds is 6. The summed E-state index contributed by atoms with van der Waals surface area (Å²) >= 11 is 0. The highest BCUT2D eigenvalue weighted by molar-refractivity contribution is 5.93. The SMILES string of the molecule is N#Cc1c[nH]c(C(=O)N[C@H]2CC(=O)N(CCOc3ccccc3)C2)c1. The minimum Gasteiger partial charge on any atom is -0.492 e. The van der Waals surface area contributed by atoms with Gasteiger partial charge < -0.3 is 19.9 Å². The molecule has 0 aliphatic carbocycles. The summed E-state index contributed by atoms with van der Waals surface area (Å²) in [6.45, 7) is 1.33. The standard InChI is InChI=1S/C18H18N4O3/c19-10-13-8-16(20-11-13)18(24)21-14-9-17(23)22(12-14)6-7-25-15-4-2-1-3-5-15/h1-5,8,11,14,20H,6-7,9,12H2,(H,21,24)/t14-/m0/s1. The normalized spacial score (nSPS) is 16.5. The van der Waals surface area contributed by atoms with E-state index >= 15 is 0 Å². The second-order valence-electron chi connectivity index (χ2n) is 5.79. The average Bonchev–Trinajstić information content (AvgIpc) is 3.23. The van der Waals surface area contributed by atoms with Gasteiger partial charge in [-0.3, -0.25) is 9.59 Å². The third-order valence-electron chi connectivity index (χ3n) is 3.98. The fraction of sp³-hybridized carbons (Fsp3) is 0.278. The molecule has 1 saturated heterocycles. The Morgan fingerprint density at radius 2 is 2.20 bits per heavy atom. The van der Waals surface area contributed by atoms with E-state index < -0.39 is 0 Å². The zero-order chi connectivity index (χ0) is 17.6. The largest absolute Gasteiger partial charge is 0.492 e. The number of carbonyl (C=O) groups excluding carboxylic acids is 2. The lowest BCUT2D eigenvalue weighted by molar-refractivity contribution is -0.128. The Labute approximate surface area is 145 Å². The predicted molar refractivity (Wildman–Crippen MR) is 89.9 cm³/mol. The Kier molecular flexibility index (Phi) is 5.00. The maximum Gasteiger partial charge on any atom is 0.268 e. The first-order valence-electron chi connectivity index (χ1n) is 8.00. The lowest BCUT2D eigenvalue weighted by atomic mass is 10.2. The van der Waals surface area contributed by atoms with Crippen LogP contribution in [0, 0.1) is 11.3 Å². The van der Waals surface area contributed by atoms with Crippen molar-refractivity contribution in [2.24, 2.45) is 0 Å². The number of aromatic nitrogens is 1. The second kappa shape index (κ2) is 7.53. The molecule has 3 rings (SSSR count). The van der Waals surface area contributed by atoms with E-state index in [0.29, 0.717) is 31.0 Å². The van der Waals surface area contributed by atoms with Gasteiger partial charge in [0.15, 0.2) is 0 Å². The quantitative estimate of drug-likeness (QED) is 0.829. The Balaban J connectivity index is 1.47. The Morgan fingerprint density at radius 1 is 1.40 bits per heavy atom. The molecule has 0 radical (unpaired) electrons. The maximum atomic E-state index is 12.1. The number of carbonyl (C=O) groups is 2. The van der Waals surface area contributed by atoms with Crippen LogP contribution in [0.2, 0.25) is 0 Å². The molecule has 1 atom stereocenters. The molecular weight excluding hydrogens is 320 g/mol. The van der Waals surface area contributed by atoms with Crippen molar-refractivity contribution < 1.29 is 14.3 Å². The number of ether oxygens (including phenoxy) is 1. The van der Waals surface area contributed by atoms with Gasteiger partial charge in [-0.1, -0.05) is 18.2 Å². The highest BCUT2D eigenvalue weighted by atomic mass is 16.5. The van der Waals surface area contributed by atoms with Gasteiger partial charge in [-0.05, 0) is 18.2 Å². The number of H-pyrrole nitrogens is 1. The first kappa shape index (κ1) is 16.6. The van der Waals surface area contributed by atoms with Crippen molar-refractivity contribution in [1.29, 1.82) is 5.26 Å². The monoisotopic (exact) mass is 338 g/mol. The summed E-state index contributed by atoms with van der Waals surface area (Å²) in [7, 11) is 0. The molecule has 1 aliphatic rings. The molecule has 1 aromatic heterocycles. The third kappa shape index (κ3) is 4.18. The van der Waals surface area contributed by atoms with Gasteiger partial charge >= 0.3 is 0 Å². The molecule has 0 saturated carbocycles. The van der Waals surface area contributed by atoms with Crippen LogP contribution in [0.25, 0.3) is 0 Å². The van der Waals surface area contributed by atoms with Crippen LogP contribution < -0.4 is 10.1 Å². The van der Waals surface area contributed by atoms with Gasteiger partial charge in [-0.25, -0.2) is 0 Å². The van der Waals surface area contributed by atoms with Crippen molar-refractivity contribution in [3.05, 3.63) is 53.9 Å². The van der Waals surface area contributed by atoms with Crippen LogP contribution in [0.4, 0.5) is 0 Å². The zero-order valence-electron chi connectivity index (χ0n) is 13.6. The van der Waals surface area contributed by atoms with Gasteiger partial charge in [0.25, 0.3) is 5.91 Å². The summed E-state index contributed by atoms with van der Waals surface area (Å²) in [5.41, 5.74) is 0.710. The lowest BCUT2D eigenvalue weighted by Gasteiger charge is -2.17. The molecule has 1 aliphatic heterocycles. The minimum absolute atomic E-state index is 0.00818. The number of likely N-dealkylation sites (tertiary alicyclic amines) is 1. The highest BCUT2D eigenvalue weighted by Crippen LogP contribution is 2.13. The number of hydrogen-bond acceptors (Lipinski definition) is 4. The molecule has 7 nitrogen and oxygen atoms in total. The fourth-order valence-corrected chi connectivity index (χ4v) is 2.73. The minimum atomic E-state index is -0.318. The molecule has 1 aromatic carbocycles. The number of nitrogens with one attached hydrogen (secondary N) is 2. The molecule has 7 heteroatoms. The van der Waals surface area contributed by atoms with Crippen LogP contribution in [-0.4, -0.2) is 47.4 Å². The topological polar surface area (TPSA) is 98.2 Å². The van der Waals surface area contributed by atoms with E-state index in [9.17, 15) is 9.59 Å². The molecule has 0 spiro atoms. The van der Waals surface area contributed by atoms with Gasteiger partial charge in [-0.15, -0.1) is 0 Å². The Bertz CT molecular complexity index is 794. The lowest BCUT2D eigenvalue weighted by Crippen LogP contribution is -2.38. The average molecular weight is 338 g/mol. The number of amides is 2. The van der Waals surface area contributed by atoms with Crippen molar-refractivity contribution >= 4 is 11.8 Å². The predicted octanol–water partition coefficient (Wildman–Crippen LogP) is 1.30. The van der Waals surface area contributed by atoms with E-state index in [4.69, 9.17) is 10.00 Å². The zero-order valence-corrected chi connectivity index (χ0v) is 13.6. The van der Waals surface area contributed by atoms with Gasteiger partial charge in [-0.2, -0.15) is 5.26 Å². The summed E-state index contributed by atoms with van der Waals surface area (Å²) in [6, 6.07) is 12.6. The summed E-state index contributed by atoms with van der Waals surface area (Å²) < 4.78 is 5.60. The number of hydrogen-bond donors (Lipinski definition) is 2. The van der Waals surface area contributed by atoms with Gasteiger partial charge in [0.1, 0.15) is 24.1 Å². The Morgan fingerprint density at radius 3 is 2.92 bits per heavy atom. The van der Waals surface area contributed by atoms with Crippen molar-refractivity contribution in [1.82, 2.24) is 15.2 Å². The van der Waals surface area contributed by atoms with Crippen molar-refractivity contribution in [3.8, 4) is 11.8 Å². The summed E-state index contributed by atoms with van der Waals surface area (Å²) in [4.78, 5) is 28.6. The molecule has 25 heavy (non-hydrogen) atoms. The number of nitrogens with zero attached hydrogens (tertiary/aromatic N) is 2. The first-order valence-corrected chi connectivity index (χ1v) is 8.00. The fourth-order valence-electron chi connectivity index (χ4n) is 2.73. The van der Waals surface area contributed by atoms with Crippen molar-refractivity contribution in [3.63, 3.8) is 0 Å². The third-order valence-corrected chi connectivity index (χ3v) is 3.98. The van der Waals surface area contributed by atoms with Gasteiger partial charge in [0.2, 0.25) is 5.91 Å². The molecule has 2 heterocycles. The van der Waals surface area contributed by atoms with Crippen molar-refractivity contribution in [2.45, 2.75) is 12.5 Å². The molecule has 0 unspecified atom stereocenters. The van der Waals surface area contributed by atoms with Crippen LogP contribution >= 0.6 is 0 Å². The molecule has 2 aromatic rings. The molecule has 2 amide bonds. The summed E-state index contributed by atoms with van der Waals surface area (Å²) in [6.07, 6.45) is 1.74. The van der Waals surface area contributed by atoms with Crippen LogP contribution in [-0.2, 0) is 4.79 Å². The van der Waals surface area contributed by atoms with E-state index in [0.717, 1.165) is 5.75 Å². The van der Waals surface area contributed by atoms with Gasteiger partial charge in [0, 0.05) is 19.2 Å². The number of aromatic amines is 1. The molecule has 0 bridgehead atoms.